The third kappa shape index (κ3) is 4.54. The van der Waals surface area contributed by atoms with E-state index in [4.69, 9.17) is 5.73 Å². The summed E-state index contributed by atoms with van der Waals surface area (Å²) in [7, 11) is 0. The number of hydrogen-bond acceptors (Lipinski definition) is 2. The fourth-order valence-electron chi connectivity index (χ4n) is 5.70. The molecule has 0 spiro atoms. The molecule has 2 atom stereocenters. The number of nitrogens with zero attached hydrogens (tertiary/aromatic N) is 2. The summed E-state index contributed by atoms with van der Waals surface area (Å²) in [6, 6.07) is 20.2. The monoisotopic (exact) mass is 509 g/mol. The van der Waals surface area contributed by atoms with E-state index in [-0.39, 0.29) is 40.6 Å². The van der Waals surface area contributed by atoms with Gasteiger partial charge in [0.05, 0.1) is 0 Å². The van der Waals surface area contributed by atoms with Gasteiger partial charge < -0.3 is 22.7 Å². The number of amides is 1. The Labute approximate surface area is 206 Å². The minimum Gasteiger partial charge on any atom is -1.00 e. The van der Waals surface area contributed by atoms with E-state index in [1.807, 2.05) is 71.4 Å². The van der Waals surface area contributed by atoms with Crippen molar-refractivity contribution in [3.8, 4) is 0 Å². The van der Waals surface area contributed by atoms with Gasteiger partial charge in [-0.1, -0.05) is 67.6 Å². The fraction of sp³-hybridized carbons (Fsp3) is 0.370. The van der Waals surface area contributed by atoms with Crippen molar-refractivity contribution in [2.75, 3.05) is 0 Å². The van der Waals surface area contributed by atoms with Crippen molar-refractivity contribution < 1.29 is 31.1 Å². The lowest BCUT2D eigenvalue weighted by atomic mass is 9.64. The highest BCUT2D eigenvalue weighted by atomic mass is 79.9. The number of aromatic nitrogens is 2. The molecule has 174 valence electrons. The number of nitrogens with two attached hydrogens (primary N) is 1. The zero-order valence-corrected chi connectivity index (χ0v) is 20.9. The molecule has 1 heterocycles. The van der Waals surface area contributed by atoms with Crippen LogP contribution in [-0.4, -0.2) is 16.3 Å². The van der Waals surface area contributed by atoms with Gasteiger partial charge >= 0.3 is 0 Å². The summed E-state index contributed by atoms with van der Waals surface area (Å²) in [6.07, 6.45) is 7.68. The summed E-state index contributed by atoms with van der Waals surface area (Å²) in [4.78, 5) is 25.0. The van der Waals surface area contributed by atoms with Gasteiger partial charge in [-0.05, 0) is 43.2 Å². The molecule has 2 aromatic carbocycles. The molecule has 1 aliphatic carbocycles. The molecule has 1 fully saturated rings. The van der Waals surface area contributed by atoms with Crippen LogP contribution in [0.1, 0.15) is 56.1 Å². The number of imidazole rings is 1. The average molecular weight is 510 g/mol. The maximum atomic E-state index is 13.3. The third-order valence-corrected chi connectivity index (χ3v) is 7.00. The molecule has 1 aliphatic rings. The quantitative estimate of drug-likeness (QED) is 0.455. The van der Waals surface area contributed by atoms with Gasteiger partial charge in [0.25, 0.3) is 5.82 Å². The van der Waals surface area contributed by atoms with E-state index in [1.54, 1.807) is 6.92 Å². The van der Waals surface area contributed by atoms with Crippen LogP contribution in [0, 0.1) is 5.92 Å². The molecule has 2 N–H and O–H groups in total. The lowest BCUT2D eigenvalue weighted by Gasteiger charge is -2.37. The van der Waals surface area contributed by atoms with Gasteiger partial charge in [-0.25, -0.2) is 9.13 Å². The van der Waals surface area contributed by atoms with Gasteiger partial charge in [0, 0.05) is 6.42 Å². The highest BCUT2D eigenvalue weighted by Gasteiger charge is 2.51. The predicted molar refractivity (Wildman–Crippen MR) is 124 cm³/mol. The molecule has 0 saturated heterocycles. The van der Waals surface area contributed by atoms with Crippen LogP contribution in [0.4, 0.5) is 0 Å². The SMILES string of the molecule is CCc1n([C@@H]2CC[C@H](C(C(N)=O)(c3ccccc3)c3ccccc3)C2)cc[n+]1CC(C)=O.[Br-]. The predicted octanol–water partition coefficient (Wildman–Crippen LogP) is 0.744. The molecule has 0 bridgehead atoms. The van der Waals surface area contributed by atoms with Crippen LogP contribution in [0.5, 0.6) is 0 Å². The van der Waals surface area contributed by atoms with Crippen LogP contribution < -0.4 is 27.3 Å². The number of rotatable bonds is 8. The van der Waals surface area contributed by atoms with Crippen molar-refractivity contribution in [2.45, 2.75) is 57.5 Å². The Balaban J connectivity index is 0.00000306. The van der Waals surface area contributed by atoms with E-state index < -0.39 is 5.41 Å². The minimum atomic E-state index is -0.869. The third-order valence-electron chi connectivity index (χ3n) is 7.00. The van der Waals surface area contributed by atoms with Gasteiger partial charge in [-0.3, -0.25) is 9.59 Å². The van der Waals surface area contributed by atoms with Gasteiger partial charge in [0.1, 0.15) is 30.4 Å². The lowest BCUT2D eigenvalue weighted by molar-refractivity contribution is -0.691. The van der Waals surface area contributed by atoms with Crippen LogP contribution in [0.3, 0.4) is 0 Å². The van der Waals surface area contributed by atoms with E-state index in [0.29, 0.717) is 6.54 Å². The molecule has 3 aromatic rings. The maximum Gasteiger partial charge on any atom is 0.256 e. The van der Waals surface area contributed by atoms with E-state index >= 15 is 0 Å². The first-order valence-electron chi connectivity index (χ1n) is 11.5. The van der Waals surface area contributed by atoms with Crippen molar-refractivity contribution in [1.29, 1.82) is 0 Å². The number of ketones is 1. The molecule has 4 rings (SSSR count). The van der Waals surface area contributed by atoms with E-state index in [1.165, 1.54) is 0 Å². The normalized spacial score (nSPS) is 18.0. The van der Waals surface area contributed by atoms with Crippen LogP contribution in [0.2, 0.25) is 0 Å². The largest absolute Gasteiger partial charge is 1.00 e. The molecule has 0 aliphatic heterocycles. The Morgan fingerprint density at radius 1 is 1.03 bits per heavy atom. The Morgan fingerprint density at radius 2 is 1.61 bits per heavy atom. The number of primary amides is 1. The number of benzene rings is 2. The summed E-state index contributed by atoms with van der Waals surface area (Å²) in [5.74, 6) is 1.08. The Morgan fingerprint density at radius 3 is 2.09 bits per heavy atom. The molecule has 0 radical (unpaired) electrons. The second-order valence-corrected chi connectivity index (χ2v) is 8.87. The number of halogens is 1. The van der Waals surface area contributed by atoms with Crippen LogP contribution in [0.25, 0.3) is 0 Å². The molecule has 6 heteroatoms. The maximum absolute atomic E-state index is 13.3. The highest BCUT2D eigenvalue weighted by Crippen LogP contribution is 2.49. The molecule has 1 saturated carbocycles. The van der Waals surface area contributed by atoms with Gasteiger partial charge in [-0.2, -0.15) is 0 Å². The first-order chi connectivity index (χ1) is 15.5. The van der Waals surface area contributed by atoms with E-state index in [2.05, 4.69) is 17.7 Å². The van der Waals surface area contributed by atoms with E-state index in [9.17, 15) is 9.59 Å². The van der Waals surface area contributed by atoms with Crippen molar-refractivity contribution in [1.82, 2.24) is 4.57 Å². The smallest absolute Gasteiger partial charge is 0.256 e. The minimum absolute atomic E-state index is 0. The molecule has 5 nitrogen and oxygen atoms in total. The highest BCUT2D eigenvalue weighted by molar-refractivity contribution is 5.91. The first-order valence-corrected chi connectivity index (χ1v) is 11.5. The Bertz CT molecular complexity index is 1060. The molecular formula is C27H32BrN3O2. The first kappa shape index (κ1) is 24.9. The topological polar surface area (TPSA) is 69.0 Å². The summed E-state index contributed by atoms with van der Waals surface area (Å²) < 4.78 is 4.36. The number of carbonyl (C=O) groups is 2. The average Bonchev–Trinajstić information content (AvgIpc) is 3.42. The molecular weight excluding hydrogens is 478 g/mol. The molecule has 1 amide bonds. The fourth-order valence-corrected chi connectivity index (χ4v) is 5.70. The Kier molecular flexibility index (Phi) is 7.90. The summed E-state index contributed by atoms with van der Waals surface area (Å²) >= 11 is 0. The van der Waals surface area contributed by atoms with Crippen LogP contribution >= 0.6 is 0 Å². The summed E-state index contributed by atoms with van der Waals surface area (Å²) in [5, 5.41) is 0. The second kappa shape index (κ2) is 10.5. The van der Waals surface area contributed by atoms with E-state index in [0.717, 1.165) is 42.6 Å². The number of hydrogen-bond donors (Lipinski definition) is 1. The van der Waals surface area contributed by atoms with Gasteiger partial charge in [0.2, 0.25) is 5.91 Å². The van der Waals surface area contributed by atoms with Crippen molar-refractivity contribution in [3.63, 3.8) is 0 Å². The van der Waals surface area contributed by atoms with Crippen molar-refractivity contribution >= 4 is 11.7 Å². The summed E-state index contributed by atoms with van der Waals surface area (Å²) in [6.45, 7) is 4.14. The zero-order chi connectivity index (χ0) is 22.7. The second-order valence-electron chi connectivity index (χ2n) is 8.87. The van der Waals surface area contributed by atoms with Crippen LogP contribution in [-0.2, 0) is 28.0 Å². The number of Topliss-reactive ketones (excluding diaryl/α,β-unsaturated/α-hetero) is 1. The number of carbonyl (C=O) groups excluding carboxylic acids is 2. The van der Waals surface area contributed by atoms with Crippen LogP contribution in [0.15, 0.2) is 73.1 Å². The zero-order valence-electron chi connectivity index (χ0n) is 19.3. The summed E-state index contributed by atoms with van der Waals surface area (Å²) in [5.41, 5.74) is 7.27. The van der Waals surface area contributed by atoms with Gasteiger partial charge in [0.15, 0.2) is 5.78 Å². The van der Waals surface area contributed by atoms with Crippen molar-refractivity contribution in [3.05, 3.63) is 90.0 Å². The molecule has 1 aromatic heterocycles. The molecule has 33 heavy (non-hydrogen) atoms. The lowest BCUT2D eigenvalue weighted by Crippen LogP contribution is -3.00. The Hall–Kier alpha value is -2.73. The van der Waals surface area contributed by atoms with Crippen molar-refractivity contribution in [2.24, 2.45) is 11.7 Å². The standard InChI is InChI=1S/C27H31N3O2.BrH/c1-3-25-29(19-20(2)31)16-17-30(25)24-15-14-23(18-24)27(26(28)32,21-10-6-4-7-11-21)22-12-8-5-9-13-22;/h4-13,16-17,23-24H,3,14-15,18-19H2,1-2H3,(H-,28,32);1H/t23-,24+;/m0./s1. The molecule has 0 unspecified atom stereocenters. The van der Waals surface area contributed by atoms with Gasteiger partial charge in [-0.15, -0.1) is 0 Å².